The molecule has 4 rings (SSSR count). The quantitative estimate of drug-likeness (QED) is 0.625. The number of hydrogen-bond acceptors (Lipinski definition) is 7. The summed E-state index contributed by atoms with van der Waals surface area (Å²) in [7, 11) is 1.28. The highest BCUT2D eigenvalue weighted by Gasteiger charge is 2.25. The van der Waals surface area contributed by atoms with Gasteiger partial charge in [-0.05, 0) is 42.8 Å². The summed E-state index contributed by atoms with van der Waals surface area (Å²) in [6.07, 6.45) is 3.67. The van der Waals surface area contributed by atoms with E-state index < -0.39 is 5.97 Å². The number of amides is 1. The molecular weight excluding hydrogens is 398 g/mol. The monoisotopic (exact) mass is 421 g/mol. The number of carbonyl (C=O) groups excluding carboxylic acids is 2. The van der Waals surface area contributed by atoms with Crippen molar-refractivity contribution in [3.05, 3.63) is 83.4 Å². The summed E-state index contributed by atoms with van der Waals surface area (Å²) in [4.78, 5) is 32.2. The molecule has 8 heteroatoms. The van der Waals surface area contributed by atoms with Gasteiger partial charge in [0.2, 0.25) is 0 Å². The molecule has 0 saturated heterocycles. The van der Waals surface area contributed by atoms with Crippen LogP contribution in [0.4, 0.5) is 0 Å². The molecule has 0 radical (unpaired) electrons. The Morgan fingerprint density at radius 3 is 2.65 bits per heavy atom. The van der Waals surface area contributed by atoms with E-state index >= 15 is 0 Å². The molecule has 2 N–H and O–H groups in total. The Balaban J connectivity index is 0.000000287. The number of ether oxygens (including phenoxy) is 2. The molecule has 0 saturated carbocycles. The number of aromatic hydroxyl groups is 1. The second kappa shape index (κ2) is 10.2. The van der Waals surface area contributed by atoms with Gasteiger partial charge in [-0.3, -0.25) is 14.8 Å². The summed E-state index contributed by atoms with van der Waals surface area (Å²) >= 11 is 0. The lowest BCUT2D eigenvalue weighted by molar-refractivity contribution is 0.0600. The number of pyridine rings is 2. The first-order valence-electron chi connectivity index (χ1n) is 9.67. The topological polar surface area (TPSA) is 111 Å². The molecule has 0 aliphatic carbocycles. The number of benzene rings is 1. The zero-order chi connectivity index (χ0) is 22.2. The highest BCUT2D eigenvalue weighted by atomic mass is 16.5. The molecule has 3 aromatic rings. The van der Waals surface area contributed by atoms with Gasteiger partial charge in [0.25, 0.3) is 5.91 Å². The van der Waals surface area contributed by atoms with Crippen LogP contribution in [0.25, 0.3) is 0 Å². The van der Waals surface area contributed by atoms with Crippen LogP contribution in [0.15, 0.2) is 60.9 Å². The Kier molecular flexibility index (Phi) is 7.16. The number of nitrogens with one attached hydrogen (secondary N) is 1. The Hall–Kier alpha value is -3.94. The second-order valence-electron chi connectivity index (χ2n) is 6.76. The minimum Gasteiger partial charge on any atom is -0.508 e. The van der Waals surface area contributed by atoms with Crippen molar-refractivity contribution in [1.82, 2.24) is 15.3 Å². The van der Waals surface area contributed by atoms with Crippen LogP contribution in [0.2, 0.25) is 0 Å². The molecule has 1 aliphatic heterocycles. The first kappa shape index (κ1) is 21.8. The molecule has 1 aromatic carbocycles. The van der Waals surface area contributed by atoms with Crippen molar-refractivity contribution in [2.24, 2.45) is 0 Å². The lowest BCUT2D eigenvalue weighted by Crippen LogP contribution is -2.33. The molecule has 1 aliphatic rings. The Morgan fingerprint density at radius 1 is 1.13 bits per heavy atom. The molecule has 160 valence electrons. The van der Waals surface area contributed by atoms with Crippen molar-refractivity contribution < 1.29 is 24.2 Å². The van der Waals surface area contributed by atoms with Crippen molar-refractivity contribution in [2.75, 3.05) is 13.7 Å². The van der Waals surface area contributed by atoms with E-state index in [0.717, 1.165) is 5.56 Å². The van der Waals surface area contributed by atoms with Gasteiger partial charge in [0, 0.05) is 18.8 Å². The van der Waals surface area contributed by atoms with Gasteiger partial charge in [-0.25, -0.2) is 4.79 Å². The van der Waals surface area contributed by atoms with E-state index in [1.165, 1.54) is 25.4 Å². The Labute approximate surface area is 179 Å². The average Bonchev–Trinajstić information content (AvgIpc) is 2.81. The molecule has 0 spiro atoms. The Morgan fingerprint density at radius 2 is 1.94 bits per heavy atom. The van der Waals surface area contributed by atoms with Gasteiger partial charge in [0.1, 0.15) is 22.9 Å². The van der Waals surface area contributed by atoms with Crippen LogP contribution < -0.4 is 10.1 Å². The lowest BCUT2D eigenvalue weighted by Gasteiger charge is -2.25. The van der Waals surface area contributed by atoms with Crippen LogP contribution in [0, 0.1) is 6.92 Å². The van der Waals surface area contributed by atoms with E-state index in [-0.39, 0.29) is 23.2 Å². The van der Waals surface area contributed by atoms with Crippen molar-refractivity contribution in [3.63, 3.8) is 0 Å². The summed E-state index contributed by atoms with van der Waals surface area (Å²) in [5.74, 6) is 0.145. The van der Waals surface area contributed by atoms with E-state index in [2.05, 4.69) is 20.0 Å². The molecule has 0 bridgehead atoms. The van der Waals surface area contributed by atoms with E-state index in [9.17, 15) is 9.59 Å². The highest BCUT2D eigenvalue weighted by Crippen LogP contribution is 2.29. The number of hydrogen-bond donors (Lipinski definition) is 2. The number of aromatic nitrogens is 2. The first-order chi connectivity index (χ1) is 15.0. The summed E-state index contributed by atoms with van der Waals surface area (Å²) in [5, 5.41) is 11.8. The number of phenolic OH excluding ortho intramolecular Hbond substituents is 1. The number of nitrogens with zero attached hydrogens (tertiary/aromatic N) is 2. The van der Waals surface area contributed by atoms with Crippen molar-refractivity contribution in [2.45, 2.75) is 19.4 Å². The third-order valence-electron chi connectivity index (χ3n) is 4.63. The molecule has 1 atom stereocenters. The summed E-state index contributed by atoms with van der Waals surface area (Å²) in [6, 6.07) is 13.5. The Bertz CT molecular complexity index is 1050. The van der Waals surface area contributed by atoms with Crippen LogP contribution in [-0.2, 0) is 4.74 Å². The minimum atomic E-state index is -0.514. The standard InChI is InChI=1S/C16H15N3O4.C7H8O/c1-22-16(21)10-4-7-17-12(9-10)15(20)19-11-5-8-23-13-3-2-6-18-14(11)13;1-6-4-2-3-5-7(6)8/h2-4,6-7,9,11H,5,8H2,1H3,(H,19,20);2-5,8H,1H3. The van der Waals surface area contributed by atoms with Crippen LogP contribution in [0.1, 0.15) is 44.6 Å². The van der Waals surface area contributed by atoms with E-state index in [4.69, 9.17) is 9.84 Å². The largest absolute Gasteiger partial charge is 0.508 e. The second-order valence-corrected chi connectivity index (χ2v) is 6.76. The van der Waals surface area contributed by atoms with Crippen LogP contribution in [0.5, 0.6) is 11.5 Å². The number of aryl methyl sites for hydroxylation is 1. The maximum atomic E-state index is 12.4. The third kappa shape index (κ3) is 5.57. The third-order valence-corrected chi connectivity index (χ3v) is 4.63. The van der Waals surface area contributed by atoms with Gasteiger partial charge in [0.05, 0.1) is 25.3 Å². The molecule has 1 unspecified atom stereocenters. The zero-order valence-electron chi connectivity index (χ0n) is 17.2. The lowest BCUT2D eigenvalue weighted by atomic mass is 10.1. The van der Waals surface area contributed by atoms with Gasteiger partial charge in [0.15, 0.2) is 0 Å². The van der Waals surface area contributed by atoms with Gasteiger partial charge < -0.3 is 19.9 Å². The predicted octanol–water partition coefficient (Wildman–Crippen LogP) is 3.22. The molecular formula is C23H23N3O5. The van der Waals surface area contributed by atoms with Crippen molar-refractivity contribution in [1.29, 1.82) is 0 Å². The number of fused-ring (bicyclic) bond motifs is 1. The summed E-state index contributed by atoms with van der Waals surface area (Å²) in [6.45, 7) is 2.37. The fraction of sp³-hybridized carbons (Fsp3) is 0.217. The van der Waals surface area contributed by atoms with E-state index in [1.807, 2.05) is 31.2 Å². The van der Waals surface area contributed by atoms with E-state index in [0.29, 0.717) is 30.2 Å². The maximum Gasteiger partial charge on any atom is 0.337 e. The van der Waals surface area contributed by atoms with E-state index in [1.54, 1.807) is 18.3 Å². The SMILES string of the molecule is COC(=O)c1ccnc(C(=O)NC2CCOc3cccnc32)c1.Cc1ccccc1O. The average molecular weight is 421 g/mol. The van der Waals surface area contributed by atoms with Gasteiger partial charge in [-0.1, -0.05) is 18.2 Å². The van der Waals surface area contributed by atoms with Crippen LogP contribution in [0.3, 0.4) is 0 Å². The fourth-order valence-electron chi connectivity index (χ4n) is 2.95. The van der Waals surface area contributed by atoms with Gasteiger partial charge in [-0.2, -0.15) is 0 Å². The molecule has 1 amide bonds. The van der Waals surface area contributed by atoms with Crippen molar-refractivity contribution >= 4 is 11.9 Å². The predicted molar refractivity (Wildman–Crippen MR) is 113 cm³/mol. The van der Waals surface area contributed by atoms with Crippen LogP contribution >= 0.6 is 0 Å². The number of carbonyl (C=O) groups is 2. The number of esters is 1. The normalized spacial score (nSPS) is 14.2. The fourth-order valence-corrected chi connectivity index (χ4v) is 2.95. The number of para-hydroxylation sites is 1. The smallest absolute Gasteiger partial charge is 0.337 e. The molecule has 2 aromatic heterocycles. The summed E-state index contributed by atoms with van der Waals surface area (Å²) < 4.78 is 10.2. The molecule has 3 heterocycles. The number of rotatable bonds is 3. The van der Waals surface area contributed by atoms with Gasteiger partial charge >= 0.3 is 5.97 Å². The maximum absolute atomic E-state index is 12.4. The first-order valence-corrected chi connectivity index (χ1v) is 9.67. The zero-order valence-corrected chi connectivity index (χ0v) is 17.2. The highest BCUT2D eigenvalue weighted by molar-refractivity contribution is 5.96. The summed E-state index contributed by atoms with van der Waals surface area (Å²) in [5.41, 5.74) is 2.04. The molecule has 31 heavy (non-hydrogen) atoms. The number of methoxy groups -OCH3 is 1. The molecule has 0 fully saturated rings. The van der Waals surface area contributed by atoms with Crippen LogP contribution in [-0.4, -0.2) is 40.7 Å². The van der Waals surface area contributed by atoms with Crippen molar-refractivity contribution in [3.8, 4) is 11.5 Å². The molecule has 8 nitrogen and oxygen atoms in total. The van der Waals surface area contributed by atoms with Gasteiger partial charge in [-0.15, -0.1) is 0 Å². The minimum absolute atomic E-state index is 0.150. The number of phenols is 1.